The molecule has 0 spiro atoms. The van der Waals surface area contributed by atoms with Crippen molar-refractivity contribution in [2.24, 2.45) is 5.10 Å². The monoisotopic (exact) mass is 263 g/mol. The van der Waals surface area contributed by atoms with Gasteiger partial charge in [0.2, 0.25) is 0 Å². The van der Waals surface area contributed by atoms with Crippen LogP contribution in [0.3, 0.4) is 0 Å². The highest BCUT2D eigenvalue weighted by molar-refractivity contribution is 5.81. The number of phenols is 1. The largest absolute Gasteiger partial charge is 0.508 e. The van der Waals surface area contributed by atoms with Crippen LogP contribution in [-0.2, 0) is 0 Å². The van der Waals surface area contributed by atoms with Gasteiger partial charge in [0, 0.05) is 5.39 Å². The van der Waals surface area contributed by atoms with Gasteiger partial charge in [-0.05, 0) is 48.0 Å². The maximum atomic E-state index is 9.19. The molecule has 98 valence electrons. The average molecular weight is 263 g/mol. The smallest absolute Gasteiger partial charge is 0.146 e. The van der Waals surface area contributed by atoms with Crippen molar-refractivity contribution in [2.75, 3.05) is 5.43 Å². The molecular formula is C16H13N3O. The summed E-state index contributed by atoms with van der Waals surface area (Å²) in [5, 5.41) is 14.4. The topological polar surface area (TPSA) is 57.5 Å². The zero-order valence-corrected chi connectivity index (χ0v) is 10.7. The number of anilines is 1. The van der Waals surface area contributed by atoms with Gasteiger partial charge >= 0.3 is 0 Å². The summed E-state index contributed by atoms with van der Waals surface area (Å²) in [7, 11) is 0. The molecule has 2 N–H and O–H groups in total. The van der Waals surface area contributed by atoms with Gasteiger partial charge in [-0.15, -0.1) is 0 Å². The fourth-order valence-corrected chi connectivity index (χ4v) is 1.86. The molecule has 4 heteroatoms. The van der Waals surface area contributed by atoms with Crippen LogP contribution in [0.2, 0.25) is 0 Å². The van der Waals surface area contributed by atoms with Crippen molar-refractivity contribution in [3.63, 3.8) is 0 Å². The lowest BCUT2D eigenvalue weighted by Gasteiger charge is -2.01. The molecule has 0 saturated carbocycles. The van der Waals surface area contributed by atoms with Gasteiger partial charge in [0.15, 0.2) is 0 Å². The standard InChI is InChI=1S/C16H13N3O/c20-14-8-5-12(6-9-14)11-17-19-16-10-7-13-3-1-2-4-15(13)18-16/h1-11,20H,(H,18,19). The minimum absolute atomic E-state index is 0.242. The van der Waals surface area contributed by atoms with E-state index in [4.69, 9.17) is 0 Å². The summed E-state index contributed by atoms with van der Waals surface area (Å²) in [5.41, 5.74) is 4.72. The van der Waals surface area contributed by atoms with Gasteiger partial charge in [0.05, 0.1) is 11.7 Å². The number of nitrogens with one attached hydrogen (secondary N) is 1. The van der Waals surface area contributed by atoms with Crippen LogP contribution in [0.5, 0.6) is 5.75 Å². The average Bonchev–Trinajstić information content (AvgIpc) is 2.49. The molecule has 4 nitrogen and oxygen atoms in total. The molecule has 0 aliphatic heterocycles. The Labute approximate surface area is 116 Å². The number of hydrogen-bond acceptors (Lipinski definition) is 4. The van der Waals surface area contributed by atoms with Crippen LogP contribution in [0.25, 0.3) is 10.9 Å². The van der Waals surface area contributed by atoms with E-state index in [0.29, 0.717) is 5.82 Å². The summed E-state index contributed by atoms with van der Waals surface area (Å²) in [6, 6.07) is 18.6. The second-order valence-electron chi connectivity index (χ2n) is 4.35. The molecule has 1 heterocycles. The summed E-state index contributed by atoms with van der Waals surface area (Å²) in [6.07, 6.45) is 1.68. The third kappa shape index (κ3) is 2.75. The molecule has 3 aromatic rings. The highest BCUT2D eigenvalue weighted by atomic mass is 16.3. The first kappa shape index (κ1) is 12.2. The number of hydrazone groups is 1. The number of phenolic OH excluding ortho intramolecular Hbond substituents is 1. The van der Waals surface area contributed by atoms with Crippen molar-refractivity contribution in [1.82, 2.24) is 4.98 Å². The molecule has 0 unspecified atom stereocenters. The van der Waals surface area contributed by atoms with Crippen LogP contribution in [0.4, 0.5) is 5.82 Å². The predicted octanol–water partition coefficient (Wildman–Crippen LogP) is 3.39. The van der Waals surface area contributed by atoms with E-state index in [0.717, 1.165) is 16.5 Å². The Morgan fingerprint density at radius 2 is 1.75 bits per heavy atom. The van der Waals surface area contributed by atoms with Gasteiger partial charge in [-0.1, -0.05) is 18.2 Å². The van der Waals surface area contributed by atoms with Crippen molar-refractivity contribution in [1.29, 1.82) is 0 Å². The van der Waals surface area contributed by atoms with Gasteiger partial charge in [-0.25, -0.2) is 4.98 Å². The maximum Gasteiger partial charge on any atom is 0.146 e. The van der Waals surface area contributed by atoms with E-state index in [2.05, 4.69) is 15.5 Å². The zero-order chi connectivity index (χ0) is 13.8. The quantitative estimate of drug-likeness (QED) is 0.562. The summed E-state index contributed by atoms with van der Waals surface area (Å²) in [6.45, 7) is 0. The Morgan fingerprint density at radius 3 is 2.60 bits per heavy atom. The lowest BCUT2D eigenvalue weighted by atomic mass is 10.2. The van der Waals surface area contributed by atoms with E-state index >= 15 is 0 Å². The van der Waals surface area contributed by atoms with E-state index in [-0.39, 0.29) is 5.75 Å². The summed E-state index contributed by atoms with van der Waals surface area (Å²) < 4.78 is 0. The lowest BCUT2D eigenvalue weighted by Crippen LogP contribution is -1.93. The van der Waals surface area contributed by atoms with Crippen LogP contribution in [0, 0.1) is 0 Å². The van der Waals surface area contributed by atoms with E-state index in [9.17, 15) is 5.11 Å². The number of hydrogen-bond donors (Lipinski definition) is 2. The fraction of sp³-hybridized carbons (Fsp3) is 0. The van der Waals surface area contributed by atoms with Gasteiger partial charge in [-0.3, -0.25) is 5.43 Å². The molecule has 0 aliphatic carbocycles. The SMILES string of the molecule is Oc1ccc(C=NNc2ccc3ccccc3n2)cc1. The van der Waals surface area contributed by atoms with Crippen LogP contribution >= 0.6 is 0 Å². The maximum absolute atomic E-state index is 9.19. The van der Waals surface area contributed by atoms with Crippen LogP contribution < -0.4 is 5.43 Å². The highest BCUT2D eigenvalue weighted by Crippen LogP contribution is 2.14. The molecular weight excluding hydrogens is 250 g/mol. The van der Waals surface area contributed by atoms with Gasteiger partial charge < -0.3 is 5.11 Å². The molecule has 1 aromatic heterocycles. The first-order valence-corrected chi connectivity index (χ1v) is 6.25. The number of aromatic nitrogens is 1. The number of rotatable bonds is 3. The van der Waals surface area contributed by atoms with Crippen molar-refractivity contribution < 1.29 is 5.11 Å². The normalized spacial score (nSPS) is 11.0. The predicted molar refractivity (Wildman–Crippen MR) is 81.1 cm³/mol. The Hall–Kier alpha value is -2.88. The molecule has 0 bridgehead atoms. The van der Waals surface area contributed by atoms with Gasteiger partial charge in [0.25, 0.3) is 0 Å². The fourth-order valence-electron chi connectivity index (χ4n) is 1.86. The van der Waals surface area contributed by atoms with E-state index < -0.39 is 0 Å². The minimum atomic E-state index is 0.242. The van der Waals surface area contributed by atoms with E-state index in [1.807, 2.05) is 36.4 Å². The number of aromatic hydroxyl groups is 1. The van der Waals surface area contributed by atoms with Crippen molar-refractivity contribution >= 4 is 22.9 Å². The molecule has 0 amide bonds. The molecule has 0 fully saturated rings. The number of fused-ring (bicyclic) bond motifs is 1. The molecule has 0 aliphatic rings. The Morgan fingerprint density at radius 1 is 0.950 bits per heavy atom. The summed E-state index contributed by atoms with van der Waals surface area (Å²) in [5.74, 6) is 0.935. The van der Waals surface area contributed by atoms with Crippen molar-refractivity contribution in [3.8, 4) is 5.75 Å². The summed E-state index contributed by atoms with van der Waals surface area (Å²) >= 11 is 0. The van der Waals surface area contributed by atoms with Gasteiger partial charge in [0.1, 0.15) is 11.6 Å². The molecule has 0 radical (unpaired) electrons. The Bertz CT molecular complexity index is 751. The van der Waals surface area contributed by atoms with Gasteiger partial charge in [-0.2, -0.15) is 5.10 Å². The number of pyridine rings is 1. The molecule has 0 saturated heterocycles. The minimum Gasteiger partial charge on any atom is -0.508 e. The van der Waals surface area contributed by atoms with Crippen LogP contribution in [0.15, 0.2) is 65.8 Å². The third-order valence-electron chi connectivity index (χ3n) is 2.88. The Balaban J connectivity index is 1.74. The number of nitrogens with zero attached hydrogens (tertiary/aromatic N) is 2. The highest BCUT2D eigenvalue weighted by Gasteiger charge is 1.95. The van der Waals surface area contributed by atoms with Crippen LogP contribution in [0.1, 0.15) is 5.56 Å². The van der Waals surface area contributed by atoms with E-state index in [1.165, 1.54) is 0 Å². The second-order valence-corrected chi connectivity index (χ2v) is 4.35. The molecule has 3 rings (SSSR count). The zero-order valence-electron chi connectivity index (χ0n) is 10.7. The molecule has 0 atom stereocenters. The lowest BCUT2D eigenvalue weighted by molar-refractivity contribution is 0.475. The Kier molecular flexibility index (Phi) is 3.29. The van der Waals surface area contributed by atoms with Crippen molar-refractivity contribution in [3.05, 3.63) is 66.2 Å². The van der Waals surface area contributed by atoms with Crippen molar-refractivity contribution in [2.45, 2.75) is 0 Å². The molecule has 2 aromatic carbocycles. The first-order chi connectivity index (χ1) is 9.81. The number of benzene rings is 2. The van der Waals surface area contributed by atoms with Crippen LogP contribution in [-0.4, -0.2) is 16.3 Å². The summed E-state index contributed by atoms with van der Waals surface area (Å²) in [4.78, 5) is 4.46. The molecule has 20 heavy (non-hydrogen) atoms. The van der Waals surface area contributed by atoms with E-state index in [1.54, 1.807) is 30.5 Å². The second kappa shape index (κ2) is 5.40. The number of para-hydroxylation sites is 1. The third-order valence-corrected chi connectivity index (χ3v) is 2.88. The first-order valence-electron chi connectivity index (χ1n) is 6.25.